The third kappa shape index (κ3) is 4.00. The molecule has 1 N–H and O–H groups in total. The van der Waals surface area contributed by atoms with Crippen LogP contribution >= 0.6 is 0 Å². The molecule has 0 aromatic rings. The molecule has 1 heteroatoms. The third-order valence-electron chi connectivity index (χ3n) is 3.69. The molecule has 2 unspecified atom stereocenters. The zero-order valence-corrected chi connectivity index (χ0v) is 9.89. The number of hydrogen-bond acceptors (Lipinski definition) is 1. The summed E-state index contributed by atoms with van der Waals surface area (Å²) in [7, 11) is 0. The van der Waals surface area contributed by atoms with Crippen molar-refractivity contribution in [2.24, 2.45) is 5.92 Å². The molecule has 1 rings (SSSR count). The van der Waals surface area contributed by atoms with Gasteiger partial charge in [0.25, 0.3) is 0 Å². The van der Waals surface area contributed by atoms with E-state index in [0.29, 0.717) is 0 Å². The van der Waals surface area contributed by atoms with Gasteiger partial charge in [-0.25, -0.2) is 0 Å². The summed E-state index contributed by atoms with van der Waals surface area (Å²) < 4.78 is 0. The molecular formula is C13H26O. The monoisotopic (exact) mass is 198 g/mol. The topological polar surface area (TPSA) is 20.2 Å². The minimum absolute atomic E-state index is 0.306. The number of hydrogen-bond donors (Lipinski definition) is 1. The van der Waals surface area contributed by atoms with Crippen LogP contribution < -0.4 is 0 Å². The minimum atomic E-state index is -0.306. The number of aliphatic hydroxyl groups is 1. The standard InChI is InChI=1S/C13H26O/c1-3-4-5-9-13(14)10-6-7-12(2)8-11-13/h12,14H,3-11H2,1-2H3. The van der Waals surface area contributed by atoms with Crippen LogP contribution in [0.1, 0.15) is 71.6 Å². The molecule has 0 spiro atoms. The normalized spacial score (nSPS) is 34.1. The van der Waals surface area contributed by atoms with Crippen molar-refractivity contribution in [3.05, 3.63) is 0 Å². The Morgan fingerprint density at radius 3 is 2.71 bits per heavy atom. The van der Waals surface area contributed by atoms with Crippen LogP contribution in [0.4, 0.5) is 0 Å². The smallest absolute Gasteiger partial charge is 0.0648 e. The van der Waals surface area contributed by atoms with Gasteiger partial charge in [0.1, 0.15) is 0 Å². The van der Waals surface area contributed by atoms with Crippen LogP contribution in [0, 0.1) is 5.92 Å². The first-order valence-corrected chi connectivity index (χ1v) is 6.39. The van der Waals surface area contributed by atoms with Crippen LogP contribution in [0.3, 0.4) is 0 Å². The summed E-state index contributed by atoms with van der Waals surface area (Å²) in [6.45, 7) is 4.54. The lowest BCUT2D eigenvalue weighted by Gasteiger charge is -2.26. The number of rotatable bonds is 4. The summed E-state index contributed by atoms with van der Waals surface area (Å²) in [5.74, 6) is 0.829. The highest BCUT2D eigenvalue weighted by Gasteiger charge is 2.28. The first kappa shape index (κ1) is 12.0. The predicted octanol–water partition coefficient (Wildman–Crippen LogP) is 3.90. The maximum Gasteiger partial charge on any atom is 0.0648 e. The minimum Gasteiger partial charge on any atom is -0.390 e. The molecule has 0 saturated heterocycles. The van der Waals surface area contributed by atoms with Crippen molar-refractivity contribution >= 4 is 0 Å². The highest BCUT2D eigenvalue weighted by molar-refractivity contribution is 4.82. The lowest BCUT2D eigenvalue weighted by atomic mass is 9.88. The fraction of sp³-hybridized carbons (Fsp3) is 1.00. The largest absolute Gasteiger partial charge is 0.390 e. The summed E-state index contributed by atoms with van der Waals surface area (Å²) in [5.41, 5.74) is -0.306. The van der Waals surface area contributed by atoms with Crippen LogP contribution in [0.25, 0.3) is 0 Å². The molecule has 0 amide bonds. The van der Waals surface area contributed by atoms with Crippen LogP contribution in [0.15, 0.2) is 0 Å². The van der Waals surface area contributed by atoms with Crippen molar-refractivity contribution in [2.75, 3.05) is 0 Å². The third-order valence-corrected chi connectivity index (χ3v) is 3.69. The summed E-state index contributed by atoms with van der Waals surface area (Å²) in [5, 5.41) is 10.4. The molecule has 1 nitrogen and oxygen atoms in total. The maximum absolute atomic E-state index is 10.4. The van der Waals surface area contributed by atoms with E-state index in [1.54, 1.807) is 0 Å². The lowest BCUT2D eigenvalue weighted by molar-refractivity contribution is 0.0133. The van der Waals surface area contributed by atoms with Gasteiger partial charge in [0, 0.05) is 0 Å². The Kier molecular flexibility index (Phi) is 4.94. The second-order valence-electron chi connectivity index (χ2n) is 5.22. The van der Waals surface area contributed by atoms with E-state index < -0.39 is 0 Å². The summed E-state index contributed by atoms with van der Waals surface area (Å²) in [6, 6.07) is 0. The highest BCUT2D eigenvalue weighted by atomic mass is 16.3. The van der Waals surface area contributed by atoms with E-state index in [4.69, 9.17) is 0 Å². The lowest BCUT2D eigenvalue weighted by Crippen LogP contribution is -2.27. The Hall–Kier alpha value is -0.0400. The number of unbranched alkanes of at least 4 members (excludes halogenated alkanes) is 2. The van der Waals surface area contributed by atoms with Gasteiger partial charge in [-0.3, -0.25) is 0 Å². The van der Waals surface area contributed by atoms with Crippen molar-refractivity contribution in [3.8, 4) is 0 Å². The van der Waals surface area contributed by atoms with Crippen molar-refractivity contribution in [1.29, 1.82) is 0 Å². The van der Waals surface area contributed by atoms with Crippen molar-refractivity contribution < 1.29 is 5.11 Å². The highest BCUT2D eigenvalue weighted by Crippen LogP contribution is 2.33. The average molecular weight is 198 g/mol. The SMILES string of the molecule is CCCCCC1(O)CCCC(C)CC1. The maximum atomic E-state index is 10.4. The van der Waals surface area contributed by atoms with Crippen LogP contribution in [-0.2, 0) is 0 Å². The van der Waals surface area contributed by atoms with E-state index in [0.717, 1.165) is 25.2 Å². The molecule has 0 radical (unpaired) electrons. The molecule has 0 aromatic heterocycles. The van der Waals surface area contributed by atoms with E-state index in [2.05, 4.69) is 13.8 Å². The fourth-order valence-electron chi connectivity index (χ4n) is 2.52. The fourth-order valence-corrected chi connectivity index (χ4v) is 2.52. The summed E-state index contributed by atoms with van der Waals surface area (Å²) in [6.07, 6.45) is 10.6. The van der Waals surface area contributed by atoms with Gasteiger partial charge in [0.2, 0.25) is 0 Å². The van der Waals surface area contributed by atoms with Crippen LogP contribution in [0.5, 0.6) is 0 Å². The van der Waals surface area contributed by atoms with E-state index in [9.17, 15) is 5.11 Å². The Balaban J connectivity index is 2.31. The van der Waals surface area contributed by atoms with Gasteiger partial charge in [-0.2, -0.15) is 0 Å². The van der Waals surface area contributed by atoms with Crippen molar-refractivity contribution in [3.63, 3.8) is 0 Å². The molecule has 1 aliphatic rings. The molecule has 0 heterocycles. The second kappa shape index (κ2) is 5.75. The molecule has 0 bridgehead atoms. The van der Waals surface area contributed by atoms with Gasteiger partial charge >= 0.3 is 0 Å². The van der Waals surface area contributed by atoms with Crippen LogP contribution in [0.2, 0.25) is 0 Å². The second-order valence-corrected chi connectivity index (χ2v) is 5.22. The van der Waals surface area contributed by atoms with E-state index >= 15 is 0 Å². The van der Waals surface area contributed by atoms with E-state index in [-0.39, 0.29) is 5.60 Å². The van der Waals surface area contributed by atoms with Gasteiger partial charge in [-0.15, -0.1) is 0 Å². The summed E-state index contributed by atoms with van der Waals surface area (Å²) >= 11 is 0. The van der Waals surface area contributed by atoms with E-state index in [1.807, 2.05) is 0 Å². The predicted molar refractivity (Wildman–Crippen MR) is 61.3 cm³/mol. The van der Waals surface area contributed by atoms with Gasteiger partial charge < -0.3 is 5.11 Å². The Morgan fingerprint density at radius 1 is 1.21 bits per heavy atom. The zero-order valence-electron chi connectivity index (χ0n) is 9.89. The molecule has 1 fully saturated rings. The molecule has 1 aliphatic carbocycles. The Morgan fingerprint density at radius 2 is 2.00 bits per heavy atom. The first-order chi connectivity index (χ1) is 6.66. The van der Waals surface area contributed by atoms with Gasteiger partial charge in [0.05, 0.1) is 5.60 Å². The summed E-state index contributed by atoms with van der Waals surface area (Å²) in [4.78, 5) is 0. The van der Waals surface area contributed by atoms with Crippen LogP contribution in [-0.4, -0.2) is 10.7 Å². The van der Waals surface area contributed by atoms with Crippen molar-refractivity contribution in [1.82, 2.24) is 0 Å². The average Bonchev–Trinajstić information content (AvgIpc) is 2.30. The van der Waals surface area contributed by atoms with Gasteiger partial charge in [-0.05, 0) is 31.6 Å². The molecule has 0 aliphatic heterocycles. The molecule has 1 saturated carbocycles. The Bertz CT molecular complexity index is 155. The quantitative estimate of drug-likeness (QED) is 0.536. The zero-order chi connectivity index (χ0) is 10.4. The molecular weight excluding hydrogens is 172 g/mol. The molecule has 14 heavy (non-hydrogen) atoms. The molecule has 2 atom stereocenters. The Labute approximate surface area is 88.9 Å². The first-order valence-electron chi connectivity index (χ1n) is 6.39. The molecule has 0 aromatic carbocycles. The van der Waals surface area contributed by atoms with Crippen molar-refractivity contribution in [2.45, 2.75) is 77.2 Å². The van der Waals surface area contributed by atoms with Gasteiger partial charge in [-0.1, -0.05) is 46.0 Å². The molecule has 84 valence electrons. The van der Waals surface area contributed by atoms with E-state index in [1.165, 1.54) is 38.5 Å². The van der Waals surface area contributed by atoms with Gasteiger partial charge in [0.15, 0.2) is 0 Å².